The second-order valence-electron chi connectivity index (χ2n) is 8.84. The molecule has 186 valence electrons. The zero-order valence-electron chi connectivity index (χ0n) is 20.8. The van der Waals surface area contributed by atoms with Gasteiger partial charge in [-0.1, -0.05) is 24.8 Å². The molecule has 36 heavy (non-hydrogen) atoms. The molecule has 7 heteroatoms. The quantitative estimate of drug-likeness (QED) is 0.180. The van der Waals surface area contributed by atoms with Crippen molar-refractivity contribution in [3.63, 3.8) is 0 Å². The molecule has 0 atom stereocenters. The van der Waals surface area contributed by atoms with E-state index in [-0.39, 0.29) is 2.85 Å². The number of aliphatic imine (C=N–C) groups is 1. The Bertz CT molecular complexity index is 1530. The van der Waals surface area contributed by atoms with Crippen LogP contribution in [0.2, 0.25) is 0 Å². The van der Waals surface area contributed by atoms with Gasteiger partial charge in [-0.3, -0.25) is 4.99 Å². The van der Waals surface area contributed by atoms with E-state index in [2.05, 4.69) is 67.0 Å². The molecule has 4 aromatic heterocycles. The van der Waals surface area contributed by atoms with Crippen molar-refractivity contribution in [2.24, 2.45) is 4.99 Å². The minimum absolute atomic E-state index is 0. The molecule has 0 unspecified atom stereocenters. The predicted molar refractivity (Wildman–Crippen MR) is 152 cm³/mol. The fourth-order valence-electron chi connectivity index (χ4n) is 4.76. The predicted octanol–water partition coefficient (Wildman–Crippen LogP) is 6.47. The van der Waals surface area contributed by atoms with Crippen molar-refractivity contribution in [1.29, 1.82) is 0 Å². The molecule has 0 aromatic carbocycles. The summed E-state index contributed by atoms with van der Waals surface area (Å²) in [7, 11) is 0. The highest BCUT2D eigenvalue weighted by atomic mass is 15.2. The molecule has 0 aliphatic heterocycles. The Labute approximate surface area is 214 Å². The lowest BCUT2D eigenvalue weighted by atomic mass is 10.0. The van der Waals surface area contributed by atoms with E-state index in [9.17, 15) is 0 Å². The third-order valence-electron chi connectivity index (χ3n) is 6.62. The summed E-state index contributed by atoms with van der Waals surface area (Å²) in [6.45, 7) is 8.72. The minimum atomic E-state index is 0. The third kappa shape index (κ3) is 4.53. The zero-order valence-corrected chi connectivity index (χ0v) is 20.8. The average molecular weight is 482 g/mol. The second kappa shape index (κ2) is 10.6. The molecule has 0 bridgehead atoms. The molecule has 0 saturated heterocycles. The van der Waals surface area contributed by atoms with Crippen molar-refractivity contribution in [2.45, 2.75) is 45.6 Å². The van der Waals surface area contributed by atoms with Crippen LogP contribution < -0.4 is 5.32 Å². The number of allylic oxidation sites excluding steroid dienone is 4. The van der Waals surface area contributed by atoms with Gasteiger partial charge < -0.3 is 10.3 Å². The molecule has 1 aliphatic carbocycles. The Kier molecular flexibility index (Phi) is 6.92. The number of pyridine rings is 1. The molecule has 4 heterocycles. The highest BCUT2D eigenvalue weighted by molar-refractivity contribution is 6.15. The average Bonchev–Trinajstić information content (AvgIpc) is 3.44. The summed E-state index contributed by atoms with van der Waals surface area (Å²) < 4.78 is 1.89. The first-order valence-electron chi connectivity index (χ1n) is 12.5. The molecule has 5 rings (SSSR count). The molecule has 7 nitrogen and oxygen atoms in total. The highest BCUT2D eigenvalue weighted by Crippen LogP contribution is 2.33. The lowest BCUT2D eigenvalue weighted by Crippen LogP contribution is -2.26. The van der Waals surface area contributed by atoms with E-state index in [0.29, 0.717) is 6.04 Å². The van der Waals surface area contributed by atoms with Gasteiger partial charge in [0, 0.05) is 45.2 Å². The first kappa shape index (κ1) is 23.5. The summed E-state index contributed by atoms with van der Waals surface area (Å²) in [6.07, 6.45) is 20.3. The van der Waals surface area contributed by atoms with Crippen LogP contribution in [0.5, 0.6) is 0 Å². The first-order chi connectivity index (χ1) is 17.7. The summed E-state index contributed by atoms with van der Waals surface area (Å²) in [5.41, 5.74) is 10.7. The van der Waals surface area contributed by atoms with Crippen LogP contribution in [0, 0.1) is 0 Å². The van der Waals surface area contributed by atoms with Crippen LogP contribution in [0.1, 0.15) is 53.6 Å². The van der Waals surface area contributed by atoms with Crippen LogP contribution >= 0.6 is 0 Å². The van der Waals surface area contributed by atoms with E-state index in [0.717, 1.165) is 82.4 Å². The Morgan fingerprint density at radius 2 is 2.17 bits per heavy atom. The Morgan fingerprint density at radius 1 is 1.33 bits per heavy atom. The van der Waals surface area contributed by atoms with Crippen molar-refractivity contribution in [1.82, 2.24) is 29.9 Å². The normalized spacial score (nSPS) is 15.0. The molecule has 0 spiro atoms. The topological polar surface area (TPSA) is 83.3 Å². The van der Waals surface area contributed by atoms with Gasteiger partial charge in [-0.05, 0) is 57.2 Å². The smallest absolute Gasteiger partial charge is 0.141 e. The van der Waals surface area contributed by atoms with Gasteiger partial charge in [0.25, 0.3) is 0 Å². The maximum atomic E-state index is 4.63. The van der Waals surface area contributed by atoms with Crippen LogP contribution in [0.4, 0.5) is 0 Å². The number of rotatable bonds is 7. The maximum Gasteiger partial charge on any atom is 0.141 e. The van der Waals surface area contributed by atoms with E-state index < -0.39 is 0 Å². The Morgan fingerprint density at radius 3 is 2.92 bits per heavy atom. The lowest BCUT2D eigenvalue weighted by molar-refractivity contribution is 0.533. The molecule has 0 fully saturated rings. The van der Waals surface area contributed by atoms with Crippen LogP contribution in [-0.2, 0) is 0 Å². The monoisotopic (exact) mass is 481 g/mol. The third-order valence-corrected chi connectivity index (χ3v) is 6.62. The number of hydrogen-bond acceptors (Lipinski definition) is 5. The number of nitrogens with zero attached hydrogens (tertiary/aromatic N) is 5. The molecule has 2 N–H and O–H groups in total. The van der Waals surface area contributed by atoms with Gasteiger partial charge in [-0.25, -0.2) is 14.5 Å². The first-order valence-corrected chi connectivity index (χ1v) is 12.5. The van der Waals surface area contributed by atoms with Crippen LogP contribution in [0.3, 0.4) is 0 Å². The summed E-state index contributed by atoms with van der Waals surface area (Å²) in [6, 6.07) is 4.62. The van der Waals surface area contributed by atoms with Crippen molar-refractivity contribution < 1.29 is 2.85 Å². The summed E-state index contributed by atoms with van der Waals surface area (Å²) >= 11 is 0. The van der Waals surface area contributed by atoms with Gasteiger partial charge in [0.1, 0.15) is 12.0 Å². The molecular formula is C29H35N7. The van der Waals surface area contributed by atoms with Crippen LogP contribution in [0.25, 0.3) is 38.9 Å². The van der Waals surface area contributed by atoms with Gasteiger partial charge in [0.2, 0.25) is 0 Å². The SMILES string of the molecule is C=C=C(NC1CCC=CCC1)c1cnn2ccc(-c3c[nH]c4ncnc(/C(C=NCC)=C/C)c34)cc12.[HH].[HH]. The largest absolute Gasteiger partial charge is 0.375 e. The zero-order chi connectivity index (χ0) is 24.9. The Hall–Kier alpha value is -4.22. The van der Waals surface area contributed by atoms with Gasteiger partial charge in [-0.2, -0.15) is 5.10 Å². The van der Waals surface area contributed by atoms with Gasteiger partial charge in [-0.15, -0.1) is 5.73 Å². The van der Waals surface area contributed by atoms with E-state index in [4.69, 9.17) is 0 Å². The number of aromatic amines is 1. The summed E-state index contributed by atoms with van der Waals surface area (Å²) in [5, 5.41) is 9.24. The summed E-state index contributed by atoms with van der Waals surface area (Å²) in [4.78, 5) is 16.9. The number of H-pyrrole nitrogens is 1. The van der Waals surface area contributed by atoms with Crippen LogP contribution in [0.15, 0.2) is 72.6 Å². The van der Waals surface area contributed by atoms with Crippen molar-refractivity contribution in [3.8, 4) is 11.1 Å². The molecular weight excluding hydrogens is 446 g/mol. The van der Waals surface area contributed by atoms with Crippen molar-refractivity contribution >= 4 is 34.0 Å². The minimum Gasteiger partial charge on any atom is -0.375 e. The Balaban J connectivity index is 0.00000200. The second-order valence-corrected chi connectivity index (χ2v) is 8.84. The number of hydrogen-bond donors (Lipinski definition) is 2. The maximum absolute atomic E-state index is 4.63. The number of aromatic nitrogens is 5. The van der Waals surface area contributed by atoms with E-state index in [1.165, 1.54) is 0 Å². The van der Waals surface area contributed by atoms with E-state index >= 15 is 0 Å². The van der Waals surface area contributed by atoms with Crippen LogP contribution in [-0.4, -0.2) is 43.4 Å². The summed E-state index contributed by atoms with van der Waals surface area (Å²) in [5.74, 6) is 0. The van der Waals surface area contributed by atoms with Crippen molar-refractivity contribution in [3.05, 3.63) is 78.8 Å². The lowest BCUT2D eigenvalue weighted by Gasteiger charge is -2.18. The molecule has 0 amide bonds. The number of nitrogens with one attached hydrogen (secondary N) is 2. The fourth-order valence-corrected chi connectivity index (χ4v) is 4.76. The van der Waals surface area contributed by atoms with Gasteiger partial charge in [0.15, 0.2) is 0 Å². The number of fused-ring (bicyclic) bond motifs is 2. The molecule has 0 saturated carbocycles. The van der Waals surface area contributed by atoms with E-state index in [1.807, 2.05) is 49.2 Å². The molecule has 4 aromatic rings. The van der Waals surface area contributed by atoms with Gasteiger partial charge >= 0.3 is 0 Å². The highest BCUT2D eigenvalue weighted by Gasteiger charge is 2.18. The fraction of sp³-hybridized carbons (Fsp3) is 0.276. The molecule has 0 radical (unpaired) electrons. The van der Waals surface area contributed by atoms with Crippen molar-refractivity contribution in [2.75, 3.05) is 6.54 Å². The van der Waals surface area contributed by atoms with E-state index in [1.54, 1.807) is 6.33 Å². The van der Waals surface area contributed by atoms with Gasteiger partial charge in [0.05, 0.1) is 34.1 Å². The molecule has 1 aliphatic rings. The standard InChI is InChI=1S/C29H31N7.2H2/c1-4-20(16-30-6-3)28-27-23(17-31-29(27)33-19-32-28)21-13-14-36-26(15-21)24(18-34-36)25(5-2)35-22-11-9-7-8-10-12-22;;/h4,7-8,13-19,22,35H,2,6,9-12H2,1,3H3,(H,31,32,33);2*1H/b20-4+,30-16?;;.